The fourth-order valence-corrected chi connectivity index (χ4v) is 3.28. The van der Waals surface area contributed by atoms with E-state index in [9.17, 15) is 39.9 Å². The third-order valence-corrected chi connectivity index (χ3v) is 5.05. The Morgan fingerprint density at radius 2 is 1.88 bits per heavy atom. The summed E-state index contributed by atoms with van der Waals surface area (Å²) < 4.78 is 9.31. The van der Waals surface area contributed by atoms with E-state index in [1.807, 2.05) is 6.92 Å². The van der Waals surface area contributed by atoms with Gasteiger partial charge in [-0.25, -0.2) is 4.79 Å². The number of nitriles is 1. The molecular formula is C24H23N7O9. The van der Waals surface area contributed by atoms with Crippen LogP contribution in [0.3, 0.4) is 0 Å². The zero-order valence-corrected chi connectivity index (χ0v) is 21.4. The molecule has 0 radical (unpaired) electrons. The van der Waals surface area contributed by atoms with Crippen LogP contribution < -0.4 is 10.2 Å². The minimum atomic E-state index is -0.924. The number of hydrogen-bond acceptors (Lipinski definition) is 13. The van der Waals surface area contributed by atoms with Gasteiger partial charge in [0.15, 0.2) is 12.3 Å². The highest BCUT2D eigenvalue weighted by Gasteiger charge is 2.25. The van der Waals surface area contributed by atoms with E-state index in [-0.39, 0.29) is 24.3 Å². The molecule has 0 aliphatic rings. The highest BCUT2D eigenvalue weighted by molar-refractivity contribution is 5.93. The van der Waals surface area contributed by atoms with Crippen LogP contribution in [0, 0.1) is 31.6 Å². The summed E-state index contributed by atoms with van der Waals surface area (Å²) >= 11 is 0. The average Bonchev–Trinajstić information content (AvgIpc) is 2.91. The SMILES string of the molecule is C=COC(=O)COC(=O)CCN(CC)c1ccc(N=Nc2c(C#N)cc([N+](=O)[O-])cc2[N+](=O)[O-])c(NC(C)=O)c1. The lowest BCUT2D eigenvalue weighted by atomic mass is 10.1. The quantitative estimate of drug-likeness (QED) is 0.122. The molecule has 0 bridgehead atoms. The van der Waals surface area contributed by atoms with Crippen molar-refractivity contribution in [3.63, 3.8) is 0 Å². The van der Waals surface area contributed by atoms with E-state index >= 15 is 0 Å². The second-order valence-corrected chi connectivity index (χ2v) is 7.72. The van der Waals surface area contributed by atoms with Crippen molar-refractivity contribution >= 4 is 52.0 Å². The third kappa shape index (κ3) is 8.41. The number of benzene rings is 2. The van der Waals surface area contributed by atoms with Crippen molar-refractivity contribution in [3.8, 4) is 6.07 Å². The molecule has 0 fully saturated rings. The summed E-state index contributed by atoms with van der Waals surface area (Å²) in [6, 6.07) is 7.71. The smallest absolute Gasteiger partial charge is 0.349 e. The molecular weight excluding hydrogens is 530 g/mol. The first-order valence-electron chi connectivity index (χ1n) is 11.4. The number of nitro benzene ring substituents is 2. The van der Waals surface area contributed by atoms with Crippen molar-refractivity contribution in [2.45, 2.75) is 20.3 Å². The number of ether oxygens (including phenoxy) is 2. The van der Waals surface area contributed by atoms with Gasteiger partial charge in [0.1, 0.15) is 11.8 Å². The summed E-state index contributed by atoms with van der Waals surface area (Å²) in [5.41, 5.74) is -1.62. The molecule has 40 heavy (non-hydrogen) atoms. The van der Waals surface area contributed by atoms with Crippen LogP contribution in [0.4, 0.5) is 34.1 Å². The molecule has 0 saturated carbocycles. The van der Waals surface area contributed by atoms with Gasteiger partial charge >= 0.3 is 17.6 Å². The van der Waals surface area contributed by atoms with E-state index in [1.165, 1.54) is 19.1 Å². The number of amides is 1. The van der Waals surface area contributed by atoms with Crippen molar-refractivity contribution in [3.05, 3.63) is 69.0 Å². The van der Waals surface area contributed by atoms with Crippen LogP contribution in [0.25, 0.3) is 0 Å². The number of azo groups is 1. The minimum absolute atomic E-state index is 0.0617. The second kappa shape index (κ2) is 14.3. The van der Waals surface area contributed by atoms with Crippen LogP contribution in [-0.2, 0) is 23.9 Å². The average molecular weight is 553 g/mol. The minimum Gasteiger partial charge on any atom is -0.454 e. The van der Waals surface area contributed by atoms with Gasteiger partial charge in [-0.3, -0.25) is 29.8 Å². The fraction of sp³-hybridized carbons (Fsp3) is 0.250. The van der Waals surface area contributed by atoms with Crippen LogP contribution in [0.15, 0.2) is 53.4 Å². The lowest BCUT2D eigenvalue weighted by molar-refractivity contribution is -0.393. The van der Waals surface area contributed by atoms with Crippen LogP contribution in [0.1, 0.15) is 25.8 Å². The van der Waals surface area contributed by atoms with Crippen molar-refractivity contribution in [2.24, 2.45) is 10.2 Å². The van der Waals surface area contributed by atoms with Gasteiger partial charge in [0.2, 0.25) is 5.91 Å². The number of hydrogen-bond donors (Lipinski definition) is 1. The first-order valence-corrected chi connectivity index (χ1v) is 11.4. The van der Waals surface area contributed by atoms with Crippen molar-refractivity contribution in [1.82, 2.24) is 0 Å². The molecule has 0 saturated heterocycles. The number of nitro groups is 2. The van der Waals surface area contributed by atoms with Gasteiger partial charge in [-0.1, -0.05) is 6.58 Å². The number of nitrogens with zero attached hydrogens (tertiary/aromatic N) is 6. The Bertz CT molecular complexity index is 1420. The van der Waals surface area contributed by atoms with Crippen LogP contribution in [0.2, 0.25) is 0 Å². The van der Waals surface area contributed by atoms with Crippen molar-refractivity contribution in [2.75, 3.05) is 29.9 Å². The predicted molar refractivity (Wildman–Crippen MR) is 139 cm³/mol. The van der Waals surface area contributed by atoms with Gasteiger partial charge in [0.05, 0.1) is 39.8 Å². The van der Waals surface area contributed by atoms with Gasteiger partial charge in [-0.2, -0.15) is 5.26 Å². The summed E-state index contributed by atoms with van der Waals surface area (Å²) in [5, 5.41) is 42.3. The number of anilines is 2. The summed E-state index contributed by atoms with van der Waals surface area (Å²) in [4.78, 5) is 57.7. The Balaban J connectivity index is 2.36. The Kier molecular flexibility index (Phi) is 10.9. The summed E-state index contributed by atoms with van der Waals surface area (Å²) in [5.74, 6) is -1.89. The Morgan fingerprint density at radius 3 is 2.45 bits per heavy atom. The van der Waals surface area contributed by atoms with E-state index in [0.29, 0.717) is 18.3 Å². The monoisotopic (exact) mass is 553 g/mol. The molecule has 1 N–H and O–H groups in total. The molecule has 0 unspecified atom stereocenters. The first kappa shape index (κ1) is 30.5. The van der Waals surface area contributed by atoms with Gasteiger partial charge in [0, 0.05) is 31.8 Å². The summed E-state index contributed by atoms with van der Waals surface area (Å²) in [7, 11) is 0. The van der Waals surface area contributed by atoms with E-state index < -0.39 is 56.9 Å². The molecule has 0 aliphatic heterocycles. The number of rotatable bonds is 13. The van der Waals surface area contributed by atoms with E-state index in [1.54, 1.807) is 17.0 Å². The van der Waals surface area contributed by atoms with E-state index in [0.717, 1.165) is 12.3 Å². The Hall–Kier alpha value is -5.72. The summed E-state index contributed by atoms with van der Waals surface area (Å²) in [6.45, 7) is 6.34. The molecule has 2 rings (SSSR count). The van der Waals surface area contributed by atoms with Gasteiger partial charge in [-0.05, 0) is 25.1 Å². The number of esters is 2. The molecule has 0 spiro atoms. The molecule has 0 atom stereocenters. The van der Waals surface area contributed by atoms with Crippen LogP contribution in [0.5, 0.6) is 0 Å². The molecule has 0 heterocycles. The molecule has 208 valence electrons. The molecule has 2 aromatic rings. The maximum absolute atomic E-state index is 12.0. The van der Waals surface area contributed by atoms with Crippen molar-refractivity contribution in [1.29, 1.82) is 5.26 Å². The number of nitrogens with one attached hydrogen (secondary N) is 1. The van der Waals surface area contributed by atoms with Gasteiger partial charge in [-0.15, -0.1) is 10.2 Å². The van der Waals surface area contributed by atoms with Crippen LogP contribution in [-0.4, -0.2) is 47.4 Å². The zero-order chi connectivity index (χ0) is 29.8. The Labute approximate surface area is 226 Å². The maximum Gasteiger partial charge on any atom is 0.349 e. The lowest BCUT2D eigenvalue weighted by Gasteiger charge is -2.23. The number of non-ortho nitro benzene ring substituents is 1. The lowest BCUT2D eigenvalue weighted by Crippen LogP contribution is -2.27. The molecule has 16 heteroatoms. The fourth-order valence-electron chi connectivity index (χ4n) is 3.28. The van der Waals surface area contributed by atoms with Crippen LogP contribution >= 0.6 is 0 Å². The standard InChI is InChI=1S/C24H23N7O9/c1-4-29(9-8-22(33)40-14-23(34)39-5-2)17-6-7-19(20(11-17)26-15(3)32)27-28-24-16(13-25)10-18(30(35)36)12-21(24)31(37)38/h5-7,10-12H,2,4,8-9,14H2,1,3H3,(H,26,32). The van der Waals surface area contributed by atoms with Gasteiger partial charge < -0.3 is 19.7 Å². The highest BCUT2D eigenvalue weighted by atomic mass is 16.6. The predicted octanol–water partition coefficient (Wildman–Crippen LogP) is 4.19. The highest BCUT2D eigenvalue weighted by Crippen LogP contribution is 2.38. The normalized spacial score (nSPS) is 10.3. The van der Waals surface area contributed by atoms with Gasteiger partial charge in [0.25, 0.3) is 5.69 Å². The van der Waals surface area contributed by atoms with Crippen molar-refractivity contribution < 1.29 is 33.7 Å². The number of carbonyl (C=O) groups is 3. The molecule has 2 aromatic carbocycles. The second-order valence-electron chi connectivity index (χ2n) is 7.72. The number of carbonyl (C=O) groups excluding carboxylic acids is 3. The summed E-state index contributed by atoms with van der Waals surface area (Å²) in [6.07, 6.45) is 0.841. The third-order valence-electron chi connectivity index (χ3n) is 5.05. The molecule has 16 nitrogen and oxygen atoms in total. The zero-order valence-electron chi connectivity index (χ0n) is 21.4. The first-order chi connectivity index (χ1) is 19.0. The topological polar surface area (TPSA) is 220 Å². The molecule has 0 aliphatic carbocycles. The maximum atomic E-state index is 12.0. The molecule has 1 amide bonds. The van der Waals surface area contributed by atoms with E-state index in [2.05, 4.69) is 26.9 Å². The largest absolute Gasteiger partial charge is 0.454 e. The molecule has 0 aromatic heterocycles. The Morgan fingerprint density at radius 1 is 1.15 bits per heavy atom. The van der Waals surface area contributed by atoms with E-state index in [4.69, 9.17) is 4.74 Å².